The van der Waals surface area contributed by atoms with E-state index in [2.05, 4.69) is 35.8 Å². The zero-order chi connectivity index (χ0) is 9.26. The highest BCUT2D eigenvalue weighted by atomic mass is 32.2. The van der Waals surface area contributed by atoms with Crippen molar-refractivity contribution in [2.75, 3.05) is 25.4 Å². The molecule has 0 bridgehead atoms. The largest absolute Gasteiger partial charge is 0.315 e. The molecule has 0 aromatic carbocycles. The van der Waals surface area contributed by atoms with Gasteiger partial charge >= 0.3 is 0 Å². The third kappa shape index (κ3) is 2.03. The van der Waals surface area contributed by atoms with Gasteiger partial charge in [0.25, 0.3) is 0 Å². The number of nitrogens with zero attached hydrogens (tertiary/aromatic N) is 1. The minimum absolute atomic E-state index is 0.767. The van der Waals surface area contributed by atoms with Gasteiger partial charge < -0.3 is 5.32 Å². The minimum Gasteiger partial charge on any atom is -0.315 e. The Kier molecular flexibility index (Phi) is 3.17. The van der Waals surface area contributed by atoms with Crippen LogP contribution in [-0.4, -0.2) is 47.6 Å². The summed E-state index contributed by atoms with van der Waals surface area (Å²) < 4.78 is 0. The molecule has 76 valence electrons. The summed E-state index contributed by atoms with van der Waals surface area (Å²) >= 11 is 2.13. The molecule has 0 radical (unpaired) electrons. The lowest BCUT2D eigenvalue weighted by Crippen LogP contribution is -2.50. The molecule has 3 heteroatoms. The summed E-state index contributed by atoms with van der Waals surface area (Å²) in [5.41, 5.74) is 0. The van der Waals surface area contributed by atoms with E-state index < -0.39 is 0 Å². The summed E-state index contributed by atoms with van der Waals surface area (Å²) in [4.78, 5) is 2.71. The maximum Gasteiger partial charge on any atom is 0.0236 e. The number of hydrogen-bond acceptors (Lipinski definition) is 3. The number of nitrogens with one attached hydrogen (secondary N) is 1. The number of rotatable bonds is 1. The van der Waals surface area contributed by atoms with E-state index in [1.165, 1.54) is 31.8 Å². The van der Waals surface area contributed by atoms with Gasteiger partial charge in [-0.15, -0.1) is 0 Å². The Labute approximate surface area is 85.4 Å². The van der Waals surface area contributed by atoms with E-state index in [4.69, 9.17) is 0 Å². The Hall–Kier alpha value is 0.270. The van der Waals surface area contributed by atoms with Gasteiger partial charge in [0.2, 0.25) is 0 Å². The molecule has 2 aliphatic heterocycles. The summed E-state index contributed by atoms with van der Waals surface area (Å²) in [6.07, 6.45) is 1.35. The Bertz CT molecular complexity index is 166. The van der Waals surface area contributed by atoms with Gasteiger partial charge in [0, 0.05) is 36.2 Å². The highest BCUT2D eigenvalue weighted by molar-refractivity contribution is 8.00. The molecule has 0 aromatic heterocycles. The van der Waals surface area contributed by atoms with Crippen LogP contribution in [-0.2, 0) is 0 Å². The van der Waals surface area contributed by atoms with Crippen molar-refractivity contribution in [1.29, 1.82) is 0 Å². The lowest BCUT2D eigenvalue weighted by atomic mass is 10.1. The van der Waals surface area contributed by atoms with E-state index in [1.807, 2.05) is 0 Å². The number of hydrogen-bond donors (Lipinski definition) is 1. The molecule has 0 saturated carbocycles. The lowest BCUT2D eigenvalue weighted by molar-refractivity contribution is 0.157. The quantitative estimate of drug-likeness (QED) is 0.684. The summed E-state index contributed by atoms with van der Waals surface area (Å²) in [5, 5.41) is 4.27. The smallest absolute Gasteiger partial charge is 0.0236 e. The maximum atomic E-state index is 3.46. The molecular weight excluding hydrogens is 180 g/mol. The molecule has 13 heavy (non-hydrogen) atoms. The zero-order valence-electron chi connectivity index (χ0n) is 8.62. The molecule has 0 spiro atoms. The molecule has 2 nitrogen and oxygen atoms in total. The van der Waals surface area contributed by atoms with Crippen LogP contribution in [0.4, 0.5) is 0 Å². The second-order valence-electron chi connectivity index (χ2n) is 4.20. The van der Waals surface area contributed by atoms with Crippen molar-refractivity contribution < 1.29 is 0 Å². The third-order valence-electron chi connectivity index (χ3n) is 3.44. The van der Waals surface area contributed by atoms with Gasteiger partial charge in [-0.2, -0.15) is 11.8 Å². The molecule has 2 saturated heterocycles. The second kappa shape index (κ2) is 4.20. The van der Waals surface area contributed by atoms with Crippen LogP contribution < -0.4 is 5.32 Å². The summed E-state index contributed by atoms with van der Waals surface area (Å²) in [7, 11) is 0. The molecule has 2 heterocycles. The van der Waals surface area contributed by atoms with Crippen molar-refractivity contribution in [2.45, 2.75) is 37.6 Å². The van der Waals surface area contributed by atoms with E-state index in [9.17, 15) is 0 Å². The molecule has 2 fully saturated rings. The zero-order valence-corrected chi connectivity index (χ0v) is 9.44. The fraction of sp³-hybridized carbons (Fsp3) is 1.00. The van der Waals surface area contributed by atoms with Crippen molar-refractivity contribution in [3.05, 3.63) is 0 Å². The van der Waals surface area contributed by atoms with Crippen molar-refractivity contribution in [3.8, 4) is 0 Å². The molecule has 0 amide bonds. The molecule has 0 aliphatic carbocycles. The van der Waals surface area contributed by atoms with Crippen molar-refractivity contribution in [1.82, 2.24) is 10.2 Å². The van der Waals surface area contributed by atoms with Crippen LogP contribution in [0.1, 0.15) is 20.3 Å². The van der Waals surface area contributed by atoms with Gasteiger partial charge in [0.1, 0.15) is 0 Å². The van der Waals surface area contributed by atoms with E-state index in [1.54, 1.807) is 0 Å². The van der Waals surface area contributed by atoms with Crippen LogP contribution in [0.2, 0.25) is 0 Å². The van der Waals surface area contributed by atoms with Crippen molar-refractivity contribution >= 4 is 11.8 Å². The summed E-state index contributed by atoms with van der Waals surface area (Å²) in [6.45, 7) is 8.47. The number of thioether (sulfide) groups is 1. The fourth-order valence-electron chi connectivity index (χ4n) is 2.39. The average Bonchev–Trinajstić information content (AvgIpc) is 2.62. The fourth-order valence-corrected chi connectivity index (χ4v) is 3.52. The minimum atomic E-state index is 0.767. The molecule has 2 rings (SSSR count). The first-order valence-electron chi connectivity index (χ1n) is 5.37. The summed E-state index contributed by atoms with van der Waals surface area (Å²) in [5.74, 6) is 1.32. The van der Waals surface area contributed by atoms with E-state index in [0.717, 1.165) is 17.3 Å². The topological polar surface area (TPSA) is 15.3 Å². The monoisotopic (exact) mass is 200 g/mol. The van der Waals surface area contributed by atoms with Crippen molar-refractivity contribution in [3.63, 3.8) is 0 Å². The second-order valence-corrected chi connectivity index (χ2v) is 5.69. The van der Waals surface area contributed by atoms with Crippen LogP contribution in [0.5, 0.6) is 0 Å². The van der Waals surface area contributed by atoms with Crippen LogP contribution in [0.3, 0.4) is 0 Å². The maximum absolute atomic E-state index is 3.46. The van der Waals surface area contributed by atoms with Crippen molar-refractivity contribution in [2.24, 2.45) is 0 Å². The average molecular weight is 200 g/mol. The van der Waals surface area contributed by atoms with Crippen LogP contribution in [0.25, 0.3) is 0 Å². The van der Waals surface area contributed by atoms with Gasteiger partial charge in [0.15, 0.2) is 0 Å². The van der Waals surface area contributed by atoms with Crippen LogP contribution in [0.15, 0.2) is 0 Å². The SMILES string of the molecule is CC1SCCN(C2CCNC2)C1C. The van der Waals surface area contributed by atoms with Gasteiger partial charge in [0.05, 0.1) is 0 Å². The highest BCUT2D eigenvalue weighted by Gasteiger charge is 2.31. The van der Waals surface area contributed by atoms with Gasteiger partial charge in [-0.1, -0.05) is 6.92 Å². The molecule has 2 aliphatic rings. The Balaban J connectivity index is 1.95. The summed E-state index contributed by atoms with van der Waals surface area (Å²) in [6, 6.07) is 1.59. The molecule has 0 aromatic rings. The Morgan fingerprint density at radius 3 is 2.92 bits per heavy atom. The third-order valence-corrected chi connectivity index (χ3v) is 4.77. The van der Waals surface area contributed by atoms with E-state index in [-0.39, 0.29) is 0 Å². The standard InChI is InChI=1S/C10H20N2S/c1-8-9(2)13-6-5-12(8)10-3-4-11-7-10/h8-11H,3-7H2,1-2H3. The Morgan fingerprint density at radius 2 is 2.23 bits per heavy atom. The van der Waals surface area contributed by atoms with Gasteiger partial charge in [-0.3, -0.25) is 4.90 Å². The van der Waals surface area contributed by atoms with Crippen LogP contribution >= 0.6 is 11.8 Å². The van der Waals surface area contributed by atoms with E-state index >= 15 is 0 Å². The first kappa shape index (κ1) is 9.81. The molecule has 1 N–H and O–H groups in total. The van der Waals surface area contributed by atoms with E-state index in [0.29, 0.717) is 0 Å². The lowest BCUT2D eigenvalue weighted by Gasteiger charge is -2.41. The molecular formula is C10H20N2S. The van der Waals surface area contributed by atoms with Gasteiger partial charge in [-0.05, 0) is 19.9 Å². The molecule has 3 atom stereocenters. The normalized spacial score (nSPS) is 42.5. The van der Waals surface area contributed by atoms with Crippen LogP contribution in [0, 0.1) is 0 Å². The molecule has 3 unspecified atom stereocenters. The highest BCUT2D eigenvalue weighted by Crippen LogP contribution is 2.27. The first-order valence-corrected chi connectivity index (χ1v) is 6.42. The predicted octanol–water partition coefficient (Wildman–Crippen LogP) is 1.17. The first-order chi connectivity index (χ1) is 6.29. The Morgan fingerprint density at radius 1 is 1.38 bits per heavy atom. The predicted molar refractivity (Wildman–Crippen MR) is 59.4 cm³/mol. The van der Waals surface area contributed by atoms with Gasteiger partial charge in [-0.25, -0.2) is 0 Å².